The summed E-state index contributed by atoms with van der Waals surface area (Å²) in [4.78, 5) is 23.6. The van der Waals surface area contributed by atoms with Gasteiger partial charge < -0.3 is 25.5 Å². The van der Waals surface area contributed by atoms with Crippen LogP contribution in [0.2, 0.25) is 5.02 Å². The fourth-order valence-electron chi connectivity index (χ4n) is 2.65. The van der Waals surface area contributed by atoms with Crippen molar-refractivity contribution in [2.75, 3.05) is 25.0 Å². The Labute approximate surface area is 177 Å². The third kappa shape index (κ3) is 6.79. The second-order valence-corrected chi connectivity index (χ2v) is 7.53. The predicted octanol–water partition coefficient (Wildman–Crippen LogP) is 3.23. The van der Waals surface area contributed by atoms with Crippen molar-refractivity contribution >= 4 is 46.7 Å². The molecular formula is C20H21ClN2O5S. The summed E-state index contributed by atoms with van der Waals surface area (Å²) in [6.45, 7) is 1.09. The standard InChI is InChI=1S/C16H17ClN2OS.C4H4O4/c1-18-9-12(20)10-19-13-4-2-3-5-15(13)21-16-7-6-11(17)8-14(16)19;5-3(6)1-2-4(7)8/h2-8,12,18,20H,9-10H2,1H3;1-2H,(H,5,6)(H,7,8)/b;2-1-. The van der Waals surface area contributed by atoms with Crippen LogP contribution >= 0.6 is 23.4 Å². The SMILES string of the molecule is CNCC(O)CN1c2ccccc2Sc2ccc(Cl)cc21.O=C(O)/C=C\C(=O)O. The number of nitrogens with zero attached hydrogens (tertiary/aromatic N) is 1. The number of para-hydroxylation sites is 1. The highest BCUT2D eigenvalue weighted by Crippen LogP contribution is 2.48. The summed E-state index contributed by atoms with van der Waals surface area (Å²) < 4.78 is 0. The van der Waals surface area contributed by atoms with Crippen molar-refractivity contribution in [3.8, 4) is 0 Å². The molecule has 0 aliphatic carbocycles. The highest BCUT2D eigenvalue weighted by molar-refractivity contribution is 7.99. The van der Waals surface area contributed by atoms with E-state index < -0.39 is 18.0 Å². The molecule has 7 nitrogen and oxygen atoms in total. The van der Waals surface area contributed by atoms with Crippen LogP contribution in [0.25, 0.3) is 0 Å². The van der Waals surface area contributed by atoms with Crippen LogP contribution < -0.4 is 10.2 Å². The number of carboxylic acid groups (broad SMARTS) is 2. The summed E-state index contributed by atoms with van der Waals surface area (Å²) >= 11 is 7.89. The summed E-state index contributed by atoms with van der Waals surface area (Å²) in [5, 5.41) is 29.5. The monoisotopic (exact) mass is 436 g/mol. The van der Waals surface area contributed by atoms with Crippen molar-refractivity contribution in [2.24, 2.45) is 0 Å². The number of anilines is 2. The molecule has 0 aromatic heterocycles. The van der Waals surface area contributed by atoms with E-state index in [2.05, 4.69) is 22.3 Å². The molecule has 1 atom stereocenters. The van der Waals surface area contributed by atoms with Gasteiger partial charge in [-0.1, -0.05) is 35.5 Å². The van der Waals surface area contributed by atoms with Gasteiger partial charge in [0.2, 0.25) is 0 Å². The van der Waals surface area contributed by atoms with Gasteiger partial charge in [-0.05, 0) is 37.4 Å². The number of aliphatic hydroxyl groups excluding tert-OH is 1. The zero-order valence-electron chi connectivity index (χ0n) is 15.6. The Morgan fingerprint density at radius 1 is 1.10 bits per heavy atom. The van der Waals surface area contributed by atoms with E-state index in [9.17, 15) is 14.7 Å². The quantitative estimate of drug-likeness (QED) is 0.511. The molecule has 0 amide bonds. The Hall–Kier alpha value is -2.52. The van der Waals surface area contributed by atoms with Gasteiger partial charge in [0.05, 0.1) is 24.0 Å². The van der Waals surface area contributed by atoms with E-state index in [0.29, 0.717) is 30.3 Å². The fourth-order valence-corrected chi connectivity index (χ4v) is 3.90. The van der Waals surface area contributed by atoms with Crippen molar-refractivity contribution < 1.29 is 24.9 Å². The number of fused-ring (bicyclic) bond motifs is 2. The maximum atomic E-state index is 10.2. The number of aliphatic hydroxyl groups is 1. The van der Waals surface area contributed by atoms with Crippen LogP contribution in [0.4, 0.5) is 11.4 Å². The van der Waals surface area contributed by atoms with Crippen LogP contribution in [0, 0.1) is 0 Å². The molecule has 2 aromatic rings. The first-order chi connectivity index (χ1) is 13.8. The van der Waals surface area contributed by atoms with Crippen LogP contribution in [0.5, 0.6) is 0 Å². The number of benzene rings is 2. The summed E-state index contributed by atoms with van der Waals surface area (Å²) in [6, 6.07) is 14.2. The maximum Gasteiger partial charge on any atom is 0.328 e. The van der Waals surface area contributed by atoms with E-state index in [4.69, 9.17) is 21.8 Å². The number of halogens is 1. The molecule has 2 aromatic carbocycles. The van der Waals surface area contributed by atoms with Gasteiger partial charge in [-0.2, -0.15) is 0 Å². The topological polar surface area (TPSA) is 110 Å². The second-order valence-electron chi connectivity index (χ2n) is 6.01. The molecule has 3 rings (SSSR count). The number of carbonyl (C=O) groups is 2. The van der Waals surface area contributed by atoms with E-state index in [0.717, 1.165) is 16.3 Å². The number of nitrogens with one attached hydrogen (secondary N) is 1. The Morgan fingerprint density at radius 2 is 1.72 bits per heavy atom. The molecule has 1 aliphatic rings. The molecule has 4 N–H and O–H groups in total. The Bertz CT molecular complexity index is 890. The Morgan fingerprint density at radius 3 is 2.34 bits per heavy atom. The summed E-state index contributed by atoms with van der Waals surface area (Å²) in [6.07, 6.45) is 0.669. The first-order valence-corrected chi connectivity index (χ1v) is 9.81. The first kappa shape index (κ1) is 22.8. The third-order valence-electron chi connectivity index (χ3n) is 3.79. The van der Waals surface area contributed by atoms with Gasteiger partial charge in [0.15, 0.2) is 0 Å². The Balaban J connectivity index is 0.000000321. The van der Waals surface area contributed by atoms with Crippen LogP contribution in [-0.4, -0.2) is 53.5 Å². The summed E-state index contributed by atoms with van der Waals surface area (Å²) in [5.41, 5.74) is 2.17. The van der Waals surface area contributed by atoms with Gasteiger partial charge in [0.25, 0.3) is 0 Å². The lowest BCUT2D eigenvalue weighted by Crippen LogP contribution is -2.36. The normalized spacial score (nSPS) is 13.1. The van der Waals surface area contributed by atoms with Gasteiger partial charge in [0, 0.05) is 33.5 Å². The van der Waals surface area contributed by atoms with E-state index in [-0.39, 0.29) is 0 Å². The number of carboxylic acids is 2. The highest BCUT2D eigenvalue weighted by atomic mass is 35.5. The summed E-state index contributed by atoms with van der Waals surface area (Å²) in [5.74, 6) is -2.51. The van der Waals surface area contributed by atoms with Crippen molar-refractivity contribution in [3.05, 3.63) is 59.6 Å². The fraction of sp³-hybridized carbons (Fsp3) is 0.200. The predicted molar refractivity (Wildman–Crippen MR) is 113 cm³/mol. The number of hydrogen-bond donors (Lipinski definition) is 4. The zero-order valence-corrected chi connectivity index (χ0v) is 17.2. The minimum atomic E-state index is -1.26. The average Bonchev–Trinajstić information content (AvgIpc) is 2.67. The molecule has 0 saturated heterocycles. The molecule has 1 aliphatic heterocycles. The van der Waals surface area contributed by atoms with Gasteiger partial charge in [-0.3, -0.25) is 0 Å². The van der Waals surface area contributed by atoms with E-state index in [1.807, 2.05) is 37.4 Å². The van der Waals surface area contributed by atoms with Crippen LogP contribution in [-0.2, 0) is 9.59 Å². The summed E-state index contributed by atoms with van der Waals surface area (Å²) in [7, 11) is 1.84. The molecule has 1 heterocycles. The lowest BCUT2D eigenvalue weighted by molar-refractivity contribution is -0.134. The van der Waals surface area contributed by atoms with Crippen molar-refractivity contribution in [1.82, 2.24) is 5.32 Å². The van der Waals surface area contributed by atoms with E-state index in [1.165, 1.54) is 4.90 Å². The van der Waals surface area contributed by atoms with Crippen LogP contribution in [0.15, 0.2) is 64.4 Å². The molecule has 0 bridgehead atoms. The number of aliphatic carboxylic acids is 2. The number of rotatable bonds is 6. The zero-order chi connectivity index (χ0) is 21.4. The number of likely N-dealkylation sites (N-methyl/N-ethyl adjacent to an activating group) is 1. The third-order valence-corrected chi connectivity index (χ3v) is 5.15. The maximum absolute atomic E-state index is 10.2. The highest BCUT2D eigenvalue weighted by Gasteiger charge is 2.24. The number of hydrogen-bond acceptors (Lipinski definition) is 6. The molecule has 0 saturated carbocycles. The molecule has 154 valence electrons. The van der Waals surface area contributed by atoms with Gasteiger partial charge in [-0.15, -0.1) is 0 Å². The smallest absolute Gasteiger partial charge is 0.328 e. The van der Waals surface area contributed by atoms with Crippen LogP contribution in [0.1, 0.15) is 0 Å². The molecule has 0 radical (unpaired) electrons. The largest absolute Gasteiger partial charge is 0.478 e. The van der Waals surface area contributed by atoms with E-state index >= 15 is 0 Å². The average molecular weight is 437 g/mol. The first-order valence-electron chi connectivity index (χ1n) is 8.62. The van der Waals surface area contributed by atoms with Gasteiger partial charge in [-0.25, -0.2) is 9.59 Å². The van der Waals surface area contributed by atoms with Crippen molar-refractivity contribution in [1.29, 1.82) is 0 Å². The van der Waals surface area contributed by atoms with Gasteiger partial charge >= 0.3 is 11.9 Å². The van der Waals surface area contributed by atoms with Crippen LogP contribution in [0.3, 0.4) is 0 Å². The Kier molecular flexibility index (Phi) is 8.53. The van der Waals surface area contributed by atoms with Crippen molar-refractivity contribution in [2.45, 2.75) is 15.9 Å². The molecule has 0 spiro atoms. The minimum Gasteiger partial charge on any atom is -0.478 e. The lowest BCUT2D eigenvalue weighted by Gasteiger charge is -2.34. The number of β-amino-alcohol motifs (C(OH)–C–C–N with tert-alkyl or cyclic N) is 1. The molecule has 0 fully saturated rings. The molecule has 9 heteroatoms. The van der Waals surface area contributed by atoms with Crippen molar-refractivity contribution in [3.63, 3.8) is 0 Å². The molecule has 1 unspecified atom stereocenters. The van der Waals surface area contributed by atoms with Gasteiger partial charge in [0.1, 0.15) is 0 Å². The van der Waals surface area contributed by atoms with E-state index in [1.54, 1.807) is 11.8 Å². The molecule has 29 heavy (non-hydrogen) atoms. The lowest BCUT2D eigenvalue weighted by atomic mass is 10.2. The second kappa shape index (κ2) is 10.9. The molecular weight excluding hydrogens is 416 g/mol. The minimum absolute atomic E-state index is 0.446.